The lowest BCUT2D eigenvalue weighted by Crippen LogP contribution is -2.34. The van der Waals surface area contributed by atoms with Crippen molar-refractivity contribution in [1.29, 1.82) is 0 Å². The first-order valence-electron chi connectivity index (χ1n) is 12.3. The van der Waals surface area contributed by atoms with Gasteiger partial charge in [-0.05, 0) is 54.8 Å². The van der Waals surface area contributed by atoms with Crippen molar-refractivity contribution in [3.05, 3.63) is 135 Å². The number of fused-ring (bicyclic) bond motifs is 1. The van der Waals surface area contributed by atoms with Crippen LogP contribution in [0.2, 0.25) is 0 Å². The number of hydrogen-bond acceptors (Lipinski definition) is 3. The molecule has 1 heterocycles. The predicted molar refractivity (Wildman–Crippen MR) is 151 cm³/mol. The fourth-order valence-electron chi connectivity index (χ4n) is 4.29. The lowest BCUT2D eigenvalue weighted by molar-refractivity contribution is -0.114. The highest BCUT2D eigenvalue weighted by Gasteiger charge is 2.30. The largest absolute Gasteiger partial charge is 0.348 e. The normalized spacial score (nSPS) is 13.9. The first kappa shape index (κ1) is 24.6. The molecular weight excluding hydrogens is 476 g/mol. The zero-order chi connectivity index (χ0) is 25.8. The molecule has 0 atom stereocenters. The van der Waals surface area contributed by atoms with Crippen LogP contribution in [-0.2, 0) is 17.9 Å². The van der Waals surface area contributed by atoms with Gasteiger partial charge in [0.25, 0.3) is 11.8 Å². The Hall–Kier alpha value is -4.09. The van der Waals surface area contributed by atoms with Crippen LogP contribution in [0.15, 0.2) is 107 Å². The number of hydrogen-bond donors (Lipinski definition) is 1. The minimum absolute atomic E-state index is 0.0694. The average molecular weight is 505 g/mol. The molecule has 0 bridgehead atoms. The number of carbonyl (C=O) groups excluding carboxylic acids is 2. The van der Waals surface area contributed by atoms with Crippen LogP contribution >= 0.6 is 11.8 Å². The third kappa shape index (κ3) is 5.84. The van der Waals surface area contributed by atoms with Crippen molar-refractivity contribution >= 4 is 35.3 Å². The number of carbonyl (C=O) groups is 2. The van der Waals surface area contributed by atoms with Crippen LogP contribution in [0, 0.1) is 13.8 Å². The summed E-state index contributed by atoms with van der Waals surface area (Å²) in [4.78, 5) is 30.2. The molecule has 0 unspecified atom stereocenters. The van der Waals surface area contributed by atoms with Gasteiger partial charge in [0.15, 0.2) is 0 Å². The smallest absolute Gasteiger partial charge is 0.265 e. The van der Waals surface area contributed by atoms with Crippen molar-refractivity contribution in [3.8, 4) is 0 Å². The topological polar surface area (TPSA) is 49.4 Å². The summed E-state index contributed by atoms with van der Waals surface area (Å²) in [5, 5.41) is 3.01. The highest BCUT2D eigenvalue weighted by atomic mass is 32.2. The van der Waals surface area contributed by atoms with Crippen LogP contribution in [-0.4, -0.2) is 11.8 Å². The lowest BCUT2D eigenvalue weighted by atomic mass is 10.1. The molecule has 5 rings (SSSR count). The Morgan fingerprint density at radius 3 is 2.38 bits per heavy atom. The van der Waals surface area contributed by atoms with E-state index in [2.05, 4.69) is 11.4 Å². The molecule has 0 spiro atoms. The van der Waals surface area contributed by atoms with E-state index in [1.807, 2.05) is 111 Å². The van der Waals surface area contributed by atoms with Crippen molar-refractivity contribution in [3.63, 3.8) is 0 Å². The van der Waals surface area contributed by atoms with Crippen LogP contribution in [0.4, 0.5) is 5.69 Å². The van der Waals surface area contributed by atoms with E-state index >= 15 is 0 Å². The highest BCUT2D eigenvalue weighted by Crippen LogP contribution is 2.43. The molecule has 0 aromatic heterocycles. The summed E-state index contributed by atoms with van der Waals surface area (Å²) in [5.41, 5.74) is 6.67. The number of nitrogens with one attached hydrogen (secondary N) is 1. The minimum Gasteiger partial charge on any atom is -0.348 e. The number of amides is 2. The summed E-state index contributed by atoms with van der Waals surface area (Å²) in [7, 11) is 0. The Balaban J connectivity index is 1.46. The summed E-state index contributed by atoms with van der Waals surface area (Å²) >= 11 is 1.45. The van der Waals surface area contributed by atoms with Gasteiger partial charge in [-0.1, -0.05) is 102 Å². The average Bonchev–Trinajstić information content (AvgIpc) is 2.91. The van der Waals surface area contributed by atoms with Gasteiger partial charge in [-0.3, -0.25) is 9.59 Å². The van der Waals surface area contributed by atoms with Gasteiger partial charge < -0.3 is 10.2 Å². The molecule has 0 saturated heterocycles. The molecule has 4 aromatic rings. The number of benzene rings is 4. The number of thioether (sulfide) groups is 1. The van der Waals surface area contributed by atoms with E-state index in [-0.39, 0.29) is 11.8 Å². The molecule has 4 nitrogen and oxygen atoms in total. The molecule has 2 amide bonds. The minimum atomic E-state index is -0.165. The Morgan fingerprint density at radius 1 is 0.838 bits per heavy atom. The van der Waals surface area contributed by atoms with Gasteiger partial charge in [0.1, 0.15) is 0 Å². The Morgan fingerprint density at radius 2 is 1.62 bits per heavy atom. The standard InChI is InChI=1S/C32H28N2O2S/c1-22-11-13-25(14-12-22)20-33-31(35)27-15-16-29-28(19-27)34(21-26-10-6-7-23(2)17-26)32(36)30(37-29)18-24-8-4-3-5-9-24/h3-19H,20-21H2,1-2H3,(H,33,35)/b30-18-. The van der Waals surface area contributed by atoms with Gasteiger partial charge in [-0.15, -0.1) is 0 Å². The zero-order valence-corrected chi connectivity index (χ0v) is 21.7. The highest BCUT2D eigenvalue weighted by molar-refractivity contribution is 8.04. The van der Waals surface area contributed by atoms with Crippen molar-refractivity contribution in [2.75, 3.05) is 4.90 Å². The molecule has 5 heteroatoms. The monoisotopic (exact) mass is 504 g/mol. The molecule has 37 heavy (non-hydrogen) atoms. The van der Waals surface area contributed by atoms with E-state index in [0.717, 1.165) is 32.8 Å². The van der Waals surface area contributed by atoms with Crippen molar-refractivity contribution in [2.45, 2.75) is 31.8 Å². The van der Waals surface area contributed by atoms with Gasteiger partial charge in [-0.25, -0.2) is 0 Å². The number of anilines is 1. The predicted octanol–water partition coefficient (Wildman–Crippen LogP) is 6.91. The van der Waals surface area contributed by atoms with Gasteiger partial charge >= 0.3 is 0 Å². The van der Waals surface area contributed by atoms with Crippen LogP contribution in [0.5, 0.6) is 0 Å². The molecule has 0 radical (unpaired) electrons. The zero-order valence-electron chi connectivity index (χ0n) is 20.9. The van der Waals surface area contributed by atoms with Crippen molar-refractivity contribution in [2.24, 2.45) is 0 Å². The second-order valence-corrected chi connectivity index (χ2v) is 10.3. The van der Waals surface area contributed by atoms with Crippen LogP contribution in [0.3, 0.4) is 0 Å². The quantitative estimate of drug-likeness (QED) is 0.290. The van der Waals surface area contributed by atoms with Gasteiger partial charge in [-0.2, -0.15) is 0 Å². The molecule has 184 valence electrons. The lowest BCUT2D eigenvalue weighted by Gasteiger charge is -2.31. The summed E-state index contributed by atoms with van der Waals surface area (Å²) in [6, 6.07) is 31.7. The Kier molecular flexibility index (Phi) is 7.24. The maximum absolute atomic E-state index is 13.7. The maximum Gasteiger partial charge on any atom is 0.265 e. The number of nitrogens with zero attached hydrogens (tertiary/aromatic N) is 1. The van der Waals surface area contributed by atoms with Gasteiger partial charge in [0.05, 0.1) is 17.1 Å². The summed E-state index contributed by atoms with van der Waals surface area (Å²) in [6.45, 7) is 4.95. The molecular formula is C32H28N2O2S. The molecule has 0 fully saturated rings. The summed E-state index contributed by atoms with van der Waals surface area (Å²) in [5.74, 6) is -0.234. The molecule has 1 aliphatic rings. The second kappa shape index (κ2) is 10.9. The van der Waals surface area contributed by atoms with Crippen molar-refractivity contribution < 1.29 is 9.59 Å². The third-order valence-corrected chi connectivity index (χ3v) is 7.36. The fraction of sp³-hybridized carbons (Fsp3) is 0.125. The summed E-state index contributed by atoms with van der Waals surface area (Å²) in [6.07, 6.45) is 1.93. The van der Waals surface area contributed by atoms with Gasteiger partial charge in [0.2, 0.25) is 0 Å². The third-order valence-electron chi connectivity index (χ3n) is 6.28. The molecule has 4 aromatic carbocycles. The Labute approximate surface area is 222 Å². The second-order valence-electron chi connectivity index (χ2n) is 9.25. The number of rotatable bonds is 6. The molecule has 1 aliphatic heterocycles. The van der Waals surface area contributed by atoms with Gasteiger partial charge in [0, 0.05) is 17.0 Å². The number of aryl methyl sites for hydroxylation is 2. The first-order valence-corrected chi connectivity index (χ1v) is 13.1. The first-order chi connectivity index (χ1) is 18.0. The van der Waals surface area contributed by atoms with E-state index in [1.165, 1.54) is 17.3 Å². The molecule has 0 saturated carbocycles. The fourth-order valence-corrected chi connectivity index (χ4v) is 5.33. The van der Waals surface area contributed by atoms with E-state index in [4.69, 9.17) is 0 Å². The van der Waals surface area contributed by atoms with E-state index in [9.17, 15) is 9.59 Å². The molecule has 0 aliphatic carbocycles. The van der Waals surface area contributed by atoms with E-state index in [1.54, 1.807) is 4.90 Å². The van der Waals surface area contributed by atoms with Crippen LogP contribution < -0.4 is 10.2 Å². The molecule has 1 N–H and O–H groups in total. The summed E-state index contributed by atoms with van der Waals surface area (Å²) < 4.78 is 0. The Bertz CT molecular complexity index is 1480. The van der Waals surface area contributed by atoms with E-state index < -0.39 is 0 Å². The maximum atomic E-state index is 13.7. The van der Waals surface area contributed by atoms with E-state index in [0.29, 0.717) is 23.6 Å². The van der Waals surface area contributed by atoms with Crippen LogP contribution in [0.1, 0.15) is 38.2 Å². The van der Waals surface area contributed by atoms with Crippen LogP contribution in [0.25, 0.3) is 6.08 Å². The SMILES string of the molecule is Cc1ccc(CNC(=O)c2ccc3c(c2)N(Cc2cccc(C)c2)C(=O)/C(=C/c2ccccc2)S3)cc1. The van der Waals surface area contributed by atoms with Crippen molar-refractivity contribution in [1.82, 2.24) is 5.32 Å².